The van der Waals surface area contributed by atoms with Gasteiger partial charge in [-0.05, 0) is 45.4 Å². The van der Waals surface area contributed by atoms with E-state index >= 15 is 0 Å². The molecule has 1 rings (SSSR count). The Balaban J connectivity index is 2.75. The normalized spacial score (nSPS) is 11.3. The molecule has 1 N–H and O–H groups in total. The number of anilines is 1. The highest BCUT2D eigenvalue weighted by Gasteiger charge is 2.09. The highest BCUT2D eigenvalue weighted by atomic mass is 15.2. The van der Waals surface area contributed by atoms with Crippen LogP contribution in [0.15, 0.2) is 31.0 Å². The van der Waals surface area contributed by atoms with Crippen LogP contribution >= 0.6 is 0 Å². The predicted molar refractivity (Wildman–Crippen MR) is 78.9 cm³/mol. The van der Waals surface area contributed by atoms with E-state index in [9.17, 15) is 0 Å². The number of pyridine rings is 1. The zero-order valence-electron chi connectivity index (χ0n) is 12.0. The fraction of sp³-hybridized carbons (Fsp3) is 0.533. The fourth-order valence-corrected chi connectivity index (χ4v) is 1.65. The second-order valence-corrected chi connectivity index (χ2v) is 5.45. The van der Waals surface area contributed by atoms with E-state index in [4.69, 9.17) is 0 Å². The van der Waals surface area contributed by atoms with E-state index in [1.807, 2.05) is 12.3 Å². The van der Waals surface area contributed by atoms with Crippen molar-refractivity contribution in [1.82, 2.24) is 10.3 Å². The summed E-state index contributed by atoms with van der Waals surface area (Å²) in [7, 11) is 0. The van der Waals surface area contributed by atoms with E-state index < -0.39 is 0 Å². The van der Waals surface area contributed by atoms with E-state index in [1.54, 1.807) is 0 Å². The molecule has 0 saturated carbocycles. The smallest absolute Gasteiger partial charge is 0.129 e. The maximum atomic E-state index is 4.42. The SMILES string of the molecule is C=CCN(CC)c1cc(CNC(C)(C)C)ccn1. The molecule has 0 fully saturated rings. The van der Waals surface area contributed by atoms with Crippen LogP contribution in [0.4, 0.5) is 5.82 Å². The third kappa shape index (κ3) is 4.88. The molecule has 0 aromatic carbocycles. The van der Waals surface area contributed by atoms with E-state index in [0.29, 0.717) is 0 Å². The Hall–Kier alpha value is -1.35. The molecule has 100 valence electrons. The minimum Gasteiger partial charge on any atom is -0.353 e. The summed E-state index contributed by atoms with van der Waals surface area (Å²) in [5.41, 5.74) is 1.40. The third-order valence-corrected chi connectivity index (χ3v) is 2.69. The molecule has 0 saturated heterocycles. The standard InChI is InChI=1S/C15H25N3/c1-6-10-18(7-2)14-11-13(8-9-16-14)12-17-15(3,4)5/h6,8-9,11,17H,1,7,10,12H2,2-5H3. The van der Waals surface area contributed by atoms with Gasteiger partial charge >= 0.3 is 0 Å². The third-order valence-electron chi connectivity index (χ3n) is 2.69. The first kappa shape index (κ1) is 14.7. The van der Waals surface area contributed by atoms with Crippen molar-refractivity contribution in [1.29, 1.82) is 0 Å². The zero-order chi connectivity index (χ0) is 13.6. The van der Waals surface area contributed by atoms with Gasteiger partial charge in [-0.3, -0.25) is 0 Å². The Morgan fingerprint density at radius 1 is 1.44 bits per heavy atom. The molecule has 0 unspecified atom stereocenters. The van der Waals surface area contributed by atoms with Crippen LogP contribution in [0.5, 0.6) is 0 Å². The van der Waals surface area contributed by atoms with Crippen LogP contribution in [0.2, 0.25) is 0 Å². The topological polar surface area (TPSA) is 28.2 Å². The second-order valence-electron chi connectivity index (χ2n) is 5.45. The van der Waals surface area contributed by atoms with Crippen molar-refractivity contribution in [3.8, 4) is 0 Å². The average molecular weight is 247 g/mol. The van der Waals surface area contributed by atoms with Gasteiger partial charge in [0.05, 0.1) is 0 Å². The van der Waals surface area contributed by atoms with Gasteiger partial charge in [0.25, 0.3) is 0 Å². The van der Waals surface area contributed by atoms with Crippen LogP contribution in [-0.4, -0.2) is 23.6 Å². The first-order valence-electron chi connectivity index (χ1n) is 6.52. The van der Waals surface area contributed by atoms with E-state index in [-0.39, 0.29) is 5.54 Å². The molecule has 0 bridgehead atoms. The number of nitrogens with one attached hydrogen (secondary N) is 1. The van der Waals surface area contributed by atoms with Crippen molar-refractivity contribution in [3.05, 3.63) is 36.5 Å². The summed E-state index contributed by atoms with van der Waals surface area (Å²) < 4.78 is 0. The summed E-state index contributed by atoms with van der Waals surface area (Å²) in [5, 5.41) is 3.49. The molecule has 18 heavy (non-hydrogen) atoms. The molecule has 1 aromatic rings. The zero-order valence-corrected chi connectivity index (χ0v) is 12.0. The lowest BCUT2D eigenvalue weighted by Crippen LogP contribution is -2.35. The summed E-state index contributed by atoms with van der Waals surface area (Å²) in [6.45, 7) is 15.1. The molecule has 0 aliphatic rings. The minimum atomic E-state index is 0.134. The van der Waals surface area contributed by atoms with Gasteiger partial charge in [0.1, 0.15) is 5.82 Å². The van der Waals surface area contributed by atoms with Crippen molar-refractivity contribution < 1.29 is 0 Å². The Morgan fingerprint density at radius 3 is 2.72 bits per heavy atom. The quantitative estimate of drug-likeness (QED) is 0.783. The largest absolute Gasteiger partial charge is 0.353 e. The number of aromatic nitrogens is 1. The Morgan fingerprint density at radius 2 is 2.17 bits per heavy atom. The van der Waals surface area contributed by atoms with E-state index in [1.165, 1.54) is 5.56 Å². The summed E-state index contributed by atoms with van der Waals surface area (Å²) in [6, 6.07) is 4.20. The van der Waals surface area contributed by atoms with Crippen molar-refractivity contribution in [2.45, 2.75) is 39.8 Å². The summed E-state index contributed by atoms with van der Waals surface area (Å²) in [5.74, 6) is 1.02. The molecule has 0 aliphatic carbocycles. The molecular formula is C15H25N3. The summed E-state index contributed by atoms with van der Waals surface area (Å²) in [6.07, 6.45) is 3.78. The number of nitrogens with zero attached hydrogens (tertiary/aromatic N) is 2. The molecule has 0 radical (unpaired) electrons. The minimum absolute atomic E-state index is 0.134. The van der Waals surface area contributed by atoms with Gasteiger partial charge in [-0.15, -0.1) is 6.58 Å². The molecule has 1 aromatic heterocycles. The average Bonchev–Trinajstić information content (AvgIpc) is 2.33. The van der Waals surface area contributed by atoms with Gasteiger partial charge in [-0.25, -0.2) is 4.98 Å². The van der Waals surface area contributed by atoms with Crippen LogP contribution in [-0.2, 0) is 6.54 Å². The van der Waals surface area contributed by atoms with Gasteiger partial charge in [0, 0.05) is 31.4 Å². The van der Waals surface area contributed by atoms with Gasteiger partial charge in [0.2, 0.25) is 0 Å². The van der Waals surface area contributed by atoms with Crippen LogP contribution in [0, 0.1) is 0 Å². The van der Waals surface area contributed by atoms with Gasteiger partial charge < -0.3 is 10.2 Å². The van der Waals surface area contributed by atoms with E-state index in [2.05, 4.69) is 61.6 Å². The predicted octanol–water partition coefficient (Wildman–Crippen LogP) is 2.98. The fourth-order valence-electron chi connectivity index (χ4n) is 1.65. The Kier molecular flexibility index (Phi) is 5.35. The van der Waals surface area contributed by atoms with Crippen LogP contribution in [0.3, 0.4) is 0 Å². The molecule has 3 heteroatoms. The van der Waals surface area contributed by atoms with Crippen molar-refractivity contribution in [3.63, 3.8) is 0 Å². The van der Waals surface area contributed by atoms with Gasteiger partial charge in [0.15, 0.2) is 0 Å². The van der Waals surface area contributed by atoms with Crippen molar-refractivity contribution in [2.75, 3.05) is 18.0 Å². The lowest BCUT2D eigenvalue weighted by molar-refractivity contribution is 0.424. The summed E-state index contributed by atoms with van der Waals surface area (Å²) in [4.78, 5) is 6.63. The summed E-state index contributed by atoms with van der Waals surface area (Å²) >= 11 is 0. The Labute approximate surface area is 111 Å². The van der Waals surface area contributed by atoms with Crippen molar-refractivity contribution >= 4 is 5.82 Å². The maximum absolute atomic E-state index is 4.42. The molecule has 0 atom stereocenters. The monoisotopic (exact) mass is 247 g/mol. The van der Waals surface area contributed by atoms with Gasteiger partial charge in [-0.1, -0.05) is 6.08 Å². The molecular weight excluding hydrogens is 222 g/mol. The van der Waals surface area contributed by atoms with Crippen LogP contribution < -0.4 is 10.2 Å². The van der Waals surface area contributed by atoms with Gasteiger partial charge in [-0.2, -0.15) is 0 Å². The number of hydrogen-bond acceptors (Lipinski definition) is 3. The molecule has 0 spiro atoms. The lowest BCUT2D eigenvalue weighted by atomic mass is 10.1. The molecule has 3 nitrogen and oxygen atoms in total. The molecule has 0 aliphatic heterocycles. The van der Waals surface area contributed by atoms with Crippen LogP contribution in [0.1, 0.15) is 33.3 Å². The maximum Gasteiger partial charge on any atom is 0.129 e. The Bertz CT molecular complexity index is 380. The van der Waals surface area contributed by atoms with E-state index in [0.717, 1.165) is 25.5 Å². The number of hydrogen-bond donors (Lipinski definition) is 1. The first-order chi connectivity index (χ1) is 8.46. The van der Waals surface area contributed by atoms with Crippen molar-refractivity contribution in [2.24, 2.45) is 0 Å². The highest BCUT2D eigenvalue weighted by Crippen LogP contribution is 2.13. The number of likely N-dealkylation sites (N-methyl/N-ethyl adjacent to an activating group) is 1. The highest BCUT2D eigenvalue weighted by molar-refractivity contribution is 5.41. The number of rotatable bonds is 6. The molecule has 0 amide bonds. The molecule has 1 heterocycles. The lowest BCUT2D eigenvalue weighted by Gasteiger charge is -2.23. The van der Waals surface area contributed by atoms with Crippen LogP contribution in [0.25, 0.3) is 0 Å². The second kappa shape index (κ2) is 6.55. The first-order valence-corrected chi connectivity index (χ1v) is 6.52.